The van der Waals surface area contributed by atoms with Crippen molar-refractivity contribution in [3.8, 4) is 0 Å². The number of thiocarbonyl (C=S) groups is 1. The molecule has 4 N–H and O–H groups in total. The van der Waals surface area contributed by atoms with Crippen LogP contribution in [0.1, 0.15) is 0 Å². The molecule has 6 heavy (non-hydrogen) atoms. The van der Waals surface area contributed by atoms with Gasteiger partial charge in [0.1, 0.15) is 0 Å². The van der Waals surface area contributed by atoms with Gasteiger partial charge in [0.15, 0.2) is 5.11 Å². The number of hydrazine groups is 1. The number of nitrogens with two attached hydrogens (primary N) is 1. The van der Waals surface area contributed by atoms with Crippen LogP contribution in [-0.2, 0) is 0 Å². The van der Waals surface area contributed by atoms with Gasteiger partial charge < -0.3 is 5.73 Å². The zero-order valence-corrected chi connectivity index (χ0v) is 4.01. The van der Waals surface area contributed by atoms with Crippen molar-refractivity contribution in [3.63, 3.8) is 0 Å². The van der Waals surface area contributed by atoms with Gasteiger partial charge in [0.05, 0.1) is 0 Å². The van der Waals surface area contributed by atoms with Gasteiger partial charge in [-0.25, -0.2) is 5.43 Å². The predicted molar refractivity (Wildman–Crippen MR) is 28.4 cm³/mol. The van der Waals surface area contributed by atoms with Gasteiger partial charge in [0.2, 0.25) is 0 Å². The summed E-state index contributed by atoms with van der Waals surface area (Å²) in [6, 6.07) is 0. The average molecular weight is 104 g/mol. The van der Waals surface area contributed by atoms with Gasteiger partial charge in [-0.1, -0.05) is 0 Å². The summed E-state index contributed by atoms with van der Waals surface area (Å²) in [4.78, 5) is 0. The van der Waals surface area contributed by atoms with Crippen molar-refractivity contribution < 1.29 is 0 Å². The number of nitrogens with one attached hydrogen (secondary N) is 2. The molecule has 0 atom stereocenters. The smallest absolute Gasteiger partial charge is 0.178 e. The highest BCUT2D eigenvalue weighted by Crippen LogP contribution is 1.45. The van der Waals surface area contributed by atoms with Gasteiger partial charge in [-0.05, 0) is 12.2 Å². The highest BCUT2D eigenvalue weighted by molar-refractivity contribution is 7.80. The van der Waals surface area contributed by atoms with Gasteiger partial charge >= 0.3 is 0 Å². The van der Waals surface area contributed by atoms with E-state index in [9.17, 15) is 0 Å². The summed E-state index contributed by atoms with van der Waals surface area (Å²) in [5.41, 5.74) is 9.58. The summed E-state index contributed by atoms with van der Waals surface area (Å²) in [7, 11) is 3.20. The van der Waals surface area contributed by atoms with E-state index in [0.717, 1.165) is 0 Å². The third-order valence-corrected chi connectivity index (χ3v) is 0.314. The summed E-state index contributed by atoms with van der Waals surface area (Å²) in [5.74, 6) is 0. The zero-order chi connectivity index (χ0) is 4.99. The summed E-state index contributed by atoms with van der Waals surface area (Å²) >= 11 is 4.36. The first-order valence-electron chi connectivity index (χ1n) is 1.35. The second kappa shape index (κ2) is 2.87. The molecule has 1 radical (unpaired) electrons. The van der Waals surface area contributed by atoms with E-state index >= 15 is 0 Å². The van der Waals surface area contributed by atoms with E-state index in [1.165, 1.54) is 0 Å². The molecule has 0 aliphatic heterocycles. The van der Waals surface area contributed by atoms with Crippen LogP contribution in [0.15, 0.2) is 0 Å². The normalized spacial score (nSPS) is 7.50. The molecule has 0 aliphatic carbocycles. The second-order valence-corrected chi connectivity index (χ2v) is 1.11. The Labute approximate surface area is 41.9 Å². The highest BCUT2D eigenvalue weighted by Gasteiger charge is 1.72. The molecule has 35 valence electrons. The minimum absolute atomic E-state index is 0.199. The third-order valence-electron chi connectivity index (χ3n) is 0.212. The maximum absolute atomic E-state index is 4.92. The fraction of sp³-hybridized carbons (Fsp3) is 0. The average Bonchev–Trinajstić information content (AvgIpc) is 1.35. The standard InChI is InChI=1S/C2H6N3S/c1-4-5-2(3)6/h4H,1H2,(H3,3,5,6). The van der Waals surface area contributed by atoms with Crippen LogP contribution < -0.4 is 16.6 Å². The zero-order valence-electron chi connectivity index (χ0n) is 3.19. The highest BCUT2D eigenvalue weighted by atomic mass is 32.1. The fourth-order valence-corrected chi connectivity index (χ4v) is 0.159. The van der Waals surface area contributed by atoms with Crippen LogP contribution in [0.5, 0.6) is 0 Å². The summed E-state index contributed by atoms with van der Waals surface area (Å²) in [6.07, 6.45) is 0. The van der Waals surface area contributed by atoms with Crippen LogP contribution in [0.3, 0.4) is 0 Å². The first kappa shape index (κ1) is 5.65. The van der Waals surface area contributed by atoms with Crippen molar-refractivity contribution in [1.29, 1.82) is 0 Å². The Hall–Kier alpha value is -0.350. The molecule has 0 amide bonds. The maximum Gasteiger partial charge on any atom is 0.178 e. The van der Waals surface area contributed by atoms with E-state index in [4.69, 9.17) is 5.73 Å². The van der Waals surface area contributed by atoms with Crippen molar-refractivity contribution in [3.05, 3.63) is 7.05 Å². The second-order valence-electron chi connectivity index (χ2n) is 0.666. The van der Waals surface area contributed by atoms with Gasteiger partial charge in [-0.15, -0.1) is 0 Å². The molecule has 0 aliphatic rings. The molecular weight excluding hydrogens is 98.1 g/mol. The van der Waals surface area contributed by atoms with Crippen LogP contribution in [0.2, 0.25) is 0 Å². The summed E-state index contributed by atoms with van der Waals surface area (Å²) < 4.78 is 0. The Morgan fingerprint density at radius 1 is 1.83 bits per heavy atom. The lowest BCUT2D eigenvalue weighted by atomic mass is 11.2. The van der Waals surface area contributed by atoms with Crippen molar-refractivity contribution in [1.82, 2.24) is 10.9 Å². The molecule has 0 aromatic rings. The third kappa shape index (κ3) is 3.65. The molecule has 3 nitrogen and oxygen atoms in total. The van der Waals surface area contributed by atoms with E-state index in [0.29, 0.717) is 0 Å². The van der Waals surface area contributed by atoms with Gasteiger partial charge in [-0.2, -0.15) is 0 Å². The first-order chi connectivity index (χ1) is 2.77. The Kier molecular flexibility index (Phi) is 2.70. The molecule has 4 heteroatoms. The van der Waals surface area contributed by atoms with Gasteiger partial charge in [-0.3, -0.25) is 5.43 Å². The summed E-state index contributed by atoms with van der Waals surface area (Å²) in [6.45, 7) is 0. The number of rotatable bonds is 1. The molecule has 0 rings (SSSR count). The van der Waals surface area contributed by atoms with Crippen LogP contribution in [0.25, 0.3) is 0 Å². The minimum atomic E-state index is 0.199. The predicted octanol–water partition coefficient (Wildman–Crippen LogP) is -0.884. The van der Waals surface area contributed by atoms with Crippen molar-refractivity contribution in [2.24, 2.45) is 5.73 Å². The molecule has 0 unspecified atom stereocenters. The van der Waals surface area contributed by atoms with Gasteiger partial charge in [0, 0.05) is 7.05 Å². The minimum Gasteiger partial charge on any atom is -0.375 e. The lowest BCUT2D eigenvalue weighted by Gasteiger charge is -1.94. The molecule has 0 heterocycles. The lowest BCUT2D eigenvalue weighted by molar-refractivity contribution is 0.819. The molecule has 0 fully saturated rings. The molecule has 0 saturated carbocycles. The topological polar surface area (TPSA) is 50.1 Å². The number of hydrogen-bond acceptors (Lipinski definition) is 2. The van der Waals surface area contributed by atoms with Crippen LogP contribution >= 0.6 is 12.2 Å². The quantitative estimate of drug-likeness (QED) is 0.298. The summed E-state index contributed by atoms with van der Waals surface area (Å²) in [5, 5.41) is 0.199. The SMILES string of the molecule is [CH2]NNC(N)=S. The van der Waals surface area contributed by atoms with Crippen molar-refractivity contribution >= 4 is 17.3 Å². The van der Waals surface area contributed by atoms with Crippen molar-refractivity contribution in [2.45, 2.75) is 0 Å². The van der Waals surface area contributed by atoms with Gasteiger partial charge in [0.25, 0.3) is 0 Å². The van der Waals surface area contributed by atoms with E-state index in [1.807, 2.05) is 0 Å². The van der Waals surface area contributed by atoms with Crippen LogP contribution in [-0.4, -0.2) is 5.11 Å². The molecule has 0 bridgehead atoms. The van der Waals surface area contributed by atoms with Crippen molar-refractivity contribution in [2.75, 3.05) is 0 Å². The largest absolute Gasteiger partial charge is 0.375 e. The monoisotopic (exact) mass is 104 g/mol. The Morgan fingerprint density at radius 3 is 2.33 bits per heavy atom. The molecule has 0 aromatic carbocycles. The molecule has 0 saturated heterocycles. The molecule has 0 aromatic heterocycles. The van der Waals surface area contributed by atoms with E-state index in [2.05, 4.69) is 30.1 Å². The van der Waals surface area contributed by atoms with E-state index in [1.54, 1.807) is 0 Å². The molecular formula is C2H6N3S. The lowest BCUT2D eigenvalue weighted by Crippen LogP contribution is -2.36. The van der Waals surface area contributed by atoms with E-state index in [-0.39, 0.29) is 5.11 Å². The molecule has 0 spiro atoms. The first-order valence-corrected chi connectivity index (χ1v) is 1.75. The Morgan fingerprint density at radius 2 is 2.33 bits per heavy atom. The fourth-order valence-electron chi connectivity index (χ4n) is 0.0871. The van der Waals surface area contributed by atoms with E-state index < -0.39 is 0 Å². The van der Waals surface area contributed by atoms with Crippen LogP contribution in [0, 0.1) is 7.05 Å². The maximum atomic E-state index is 4.92. The number of hydrogen-bond donors (Lipinski definition) is 3. The Balaban J connectivity index is 2.83. The Bertz CT molecular complexity index is 52.8. The van der Waals surface area contributed by atoms with Crippen LogP contribution in [0.4, 0.5) is 0 Å².